The van der Waals surface area contributed by atoms with Crippen molar-refractivity contribution in [2.24, 2.45) is 0 Å². The van der Waals surface area contributed by atoms with E-state index in [9.17, 15) is 0 Å². The number of methoxy groups -OCH3 is 1. The minimum Gasteiger partial charge on any atom is -0.496 e. The molecule has 2 rings (SSSR count). The molecule has 0 aliphatic heterocycles. The van der Waals surface area contributed by atoms with E-state index in [2.05, 4.69) is 16.3 Å². The maximum absolute atomic E-state index is 8.86. The van der Waals surface area contributed by atoms with E-state index in [0.717, 1.165) is 11.1 Å². The lowest BCUT2D eigenvalue weighted by Crippen LogP contribution is -1.99. The summed E-state index contributed by atoms with van der Waals surface area (Å²) in [5, 5.41) is 16.8. The van der Waals surface area contributed by atoms with Gasteiger partial charge in [0.1, 0.15) is 11.6 Å². The third-order valence-corrected chi connectivity index (χ3v) is 2.59. The monoisotopic (exact) mass is 240 g/mol. The SMILES string of the molecule is COc1cc(C#N)ccc1-c1nnc(N)cc1C. The molecule has 18 heavy (non-hydrogen) atoms. The zero-order valence-electron chi connectivity index (χ0n) is 10.1. The Hall–Kier alpha value is -2.61. The summed E-state index contributed by atoms with van der Waals surface area (Å²) in [7, 11) is 1.56. The predicted octanol–water partition coefficient (Wildman–Crippen LogP) is 1.91. The summed E-state index contributed by atoms with van der Waals surface area (Å²) in [6.07, 6.45) is 0. The molecule has 2 N–H and O–H groups in total. The fourth-order valence-corrected chi connectivity index (χ4v) is 1.73. The molecule has 0 fully saturated rings. The first-order chi connectivity index (χ1) is 8.65. The van der Waals surface area contributed by atoms with Crippen LogP contribution in [0.25, 0.3) is 11.3 Å². The number of nitrogens with two attached hydrogens (primary N) is 1. The van der Waals surface area contributed by atoms with Crippen LogP contribution in [0.15, 0.2) is 24.3 Å². The van der Waals surface area contributed by atoms with Crippen molar-refractivity contribution in [2.45, 2.75) is 6.92 Å². The molecule has 0 unspecified atom stereocenters. The van der Waals surface area contributed by atoms with Crippen LogP contribution in [-0.4, -0.2) is 17.3 Å². The molecule has 0 atom stereocenters. The summed E-state index contributed by atoms with van der Waals surface area (Å²) in [6, 6.07) is 9.01. The van der Waals surface area contributed by atoms with Crippen molar-refractivity contribution in [1.82, 2.24) is 10.2 Å². The van der Waals surface area contributed by atoms with Gasteiger partial charge in [-0.3, -0.25) is 0 Å². The zero-order chi connectivity index (χ0) is 13.1. The van der Waals surface area contributed by atoms with Crippen LogP contribution in [0.1, 0.15) is 11.1 Å². The normalized spacial score (nSPS) is 9.83. The molecule has 1 heterocycles. The Kier molecular flexibility index (Phi) is 3.11. The third kappa shape index (κ3) is 2.09. The highest BCUT2D eigenvalue weighted by Crippen LogP contribution is 2.31. The summed E-state index contributed by atoms with van der Waals surface area (Å²) in [5.41, 5.74) is 8.51. The first-order valence-electron chi connectivity index (χ1n) is 5.34. The van der Waals surface area contributed by atoms with Gasteiger partial charge in [-0.1, -0.05) is 0 Å². The summed E-state index contributed by atoms with van der Waals surface area (Å²) in [6.45, 7) is 1.90. The molecule has 0 spiro atoms. The highest BCUT2D eigenvalue weighted by atomic mass is 16.5. The van der Waals surface area contributed by atoms with Crippen molar-refractivity contribution in [2.75, 3.05) is 12.8 Å². The summed E-state index contributed by atoms with van der Waals surface area (Å²) in [4.78, 5) is 0. The number of benzene rings is 1. The molecule has 5 nitrogen and oxygen atoms in total. The molecule has 1 aromatic carbocycles. The lowest BCUT2D eigenvalue weighted by molar-refractivity contribution is 0.416. The molecule has 90 valence electrons. The minimum absolute atomic E-state index is 0.379. The number of hydrogen-bond acceptors (Lipinski definition) is 5. The number of nitrogen functional groups attached to an aromatic ring is 1. The molecular weight excluding hydrogens is 228 g/mol. The fourth-order valence-electron chi connectivity index (χ4n) is 1.73. The first-order valence-corrected chi connectivity index (χ1v) is 5.34. The number of rotatable bonds is 2. The molecule has 0 radical (unpaired) electrons. The smallest absolute Gasteiger partial charge is 0.146 e. The zero-order valence-corrected chi connectivity index (χ0v) is 10.1. The number of hydrogen-bond donors (Lipinski definition) is 1. The van der Waals surface area contributed by atoms with Gasteiger partial charge in [-0.05, 0) is 36.8 Å². The van der Waals surface area contributed by atoms with E-state index in [1.807, 2.05) is 6.92 Å². The van der Waals surface area contributed by atoms with Crippen molar-refractivity contribution in [1.29, 1.82) is 5.26 Å². The Morgan fingerprint density at radius 3 is 2.67 bits per heavy atom. The number of nitriles is 1. The lowest BCUT2D eigenvalue weighted by atomic mass is 10.0. The van der Waals surface area contributed by atoms with Gasteiger partial charge < -0.3 is 10.5 Å². The molecule has 0 saturated carbocycles. The topological polar surface area (TPSA) is 84.8 Å². The first kappa shape index (κ1) is 11.9. The Morgan fingerprint density at radius 2 is 2.06 bits per heavy atom. The Morgan fingerprint density at radius 1 is 1.28 bits per heavy atom. The summed E-state index contributed by atoms with van der Waals surface area (Å²) >= 11 is 0. The molecule has 0 aliphatic carbocycles. The number of nitrogens with zero attached hydrogens (tertiary/aromatic N) is 3. The maximum Gasteiger partial charge on any atom is 0.146 e. The van der Waals surface area contributed by atoms with Crippen molar-refractivity contribution in [3.8, 4) is 23.1 Å². The van der Waals surface area contributed by atoms with Crippen LogP contribution in [0, 0.1) is 18.3 Å². The van der Waals surface area contributed by atoms with Crippen LogP contribution in [0.4, 0.5) is 5.82 Å². The van der Waals surface area contributed by atoms with Gasteiger partial charge in [0.15, 0.2) is 0 Å². The lowest BCUT2D eigenvalue weighted by Gasteiger charge is -2.10. The van der Waals surface area contributed by atoms with E-state index in [1.54, 1.807) is 31.4 Å². The van der Waals surface area contributed by atoms with Gasteiger partial charge in [-0.25, -0.2) is 0 Å². The number of aromatic nitrogens is 2. The molecular formula is C13H12N4O. The Bertz CT molecular complexity index is 631. The van der Waals surface area contributed by atoms with E-state index in [1.165, 1.54) is 0 Å². The van der Waals surface area contributed by atoms with Crippen molar-refractivity contribution in [3.05, 3.63) is 35.4 Å². The van der Waals surface area contributed by atoms with Gasteiger partial charge in [-0.15, -0.1) is 10.2 Å². The van der Waals surface area contributed by atoms with Crippen LogP contribution >= 0.6 is 0 Å². The van der Waals surface area contributed by atoms with Crippen molar-refractivity contribution < 1.29 is 4.74 Å². The second-order valence-electron chi connectivity index (χ2n) is 3.83. The van der Waals surface area contributed by atoms with Crippen molar-refractivity contribution >= 4 is 5.82 Å². The van der Waals surface area contributed by atoms with Gasteiger partial charge in [0.2, 0.25) is 0 Å². The largest absolute Gasteiger partial charge is 0.496 e. The van der Waals surface area contributed by atoms with E-state index in [0.29, 0.717) is 22.8 Å². The predicted molar refractivity (Wildman–Crippen MR) is 67.9 cm³/mol. The number of anilines is 1. The van der Waals surface area contributed by atoms with Crippen LogP contribution in [0.3, 0.4) is 0 Å². The van der Waals surface area contributed by atoms with Crippen LogP contribution in [-0.2, 0) is 0 Å². The van der Waals surface area contributed by atoms with Gasteiger partial charge in [0.05, 0.1) is 24.4 Å². The van der Waals surface area contributed by atoms with Crippen LogP contribution in [0.2, 0.25) is 0 Å². The van der Waals surface area contributed by atoms with Gasteiger partial charge >= 0.3 is 0 Å². The second-order valence-corrected chi connectivity index (χ2v) is 3.83. The average molecular weight is 240 g/mol. The molecule has 0 bridgehead atoms. The Balaban J connectivity index is 2.60. The standard InChI is InChI=1S/C13H12N4O/c1-8-5-12(15)16-17-13(8)10-4-3-9(7-14)6-11(10)18-2/h3-6H,1-2H3,(H2,15,16). The highest BCUT2D eigenvalue weighted by molar-refractivity contribution is 5.71. The molecule has 0 amide bonds. The maximum atomic E-state index is 8.86. The van der Waals surface area contributed by atoms with E-state index < -0.39 is 0 Å². The highest BCUT2D eigenvalue weighted by Gasteiger charge is 2.11. The number of aryl methyl sites for hydroxylation is 1. The van der Waals surface area contributed by atoms with Gasteiger partial charge in [0.25, 0.3) is 0 Å². The summed E-state index contributed by atoms with van der Waals surface area (Å²) < 4.78 is 5.28. The third-order valence-electron chi connectivity index (χ3n) is 2.59. The fraction of sp³-hybridized carbons (Fsp3) is 0.154. The van der Waals surface area contributed by atoms with E-state index in [4.69, 9.17) is 15.7 Å². The van der Waals surface area contributed by atoms with E-state index in [-0.39, 0.29) is 0 Å². The minimum atomic E-state index is 0.379. The van der Waals surface area contributed by atoms with Gasteiger partial charge in [0, 0.05) is 5.56 Å². The average Bonchev–Trinajstić information content (AvgIpc) is 2.38. The molecule has 0 aliphatic rings. The number of ether oxygens (including phenoxy) is 1. The molecule has 2 aromatic rings. The van der Waals surface area contributed by atoms with Crippen LogP contribution < -0.4 is 10.5 Å². The molecule has 5 heteroatoms. The second kappa shape index (κ2) is 4.72. The van der Waals surface area contributed by atoms with Crippen LogP contribution in [0.5, 0.6) is 5.75 Å². The van der Waals surface area contributed by atoms with E-state index >= 15 is 0 Å². The van der Waals surface area contributed by atoms with Crippen molar-refractivity contribution in [3.63, 3.8) is 0 Å². The molecule has 1 aromatic heterocycles. The van der Waals surface area contributed by atoms with Gasteiger partial charge in [-0.2, -0.15) is 5.26 Å². The summed E-state index contributed by atoms with van der Waals surface area (Å²) in [5.74, 6) is 0.972. The Labute approximate surface area is 105 Å². The molecule has 0 saturated heterocycles. The quantitative estimate of drug-likeness (QED) is 0.866.